The molecule has 0 saturated heterocycles. The maximum atomic E-state index is 13.0. The van der Waals surface area contributed by atoms with E-state index in [0.29, 0.717) is 23.9 Å². The van der Waals surface area contributed by atoms with Crippen LogP contribution in [-0.4, -0.2) is 51.5 Å². The number of carbonyl (C=O) groups excluding carboxylic acids is 1. The van der Waals surface area contributed by atoms with Crippen molar-refractivity contribution in [3.05, 3.63) is 65.7 Å². The molecular weight excluding hydrogens is 426 g/mol. The first-order chi connectivity index (χ1) is 16.6. The molecule has 0 spiro atoms. The first kappa shape index (κ1) is 25.3. The van der Waals surface area contributed by atoms with E-state index in [0.717, 1.165) is 44.6 Å². The van der Waals surface area contributed by atoms with Crippen LogP contribution in [0.3, 0.4) is 0 Å². The highest BCUT2D eigenvalue weighted by Crippen LogP contribution is 2.39. The molecule has 3 N–H and O–H groups in total. The Kier molecular flexibility index (Phi) is 9.50. The number of carbonyl (C=O) groups is 1. The topological polar surface area (TPSA) is 87.1 Å². The number of rotatable bonds is 9. The third-order valence-electron chi connectivity index (χ3n) is 6.43. The molecule has 182 valence electrons. The molecule has 1 fully saturated rings. The van der Waals surface area contributed by atoms with Crippen LogP contribution < -0.4 is 20.7 Å². The zero-order valence-electron chi connectivity index (χ0n) is 20.5. The molecular formula is C27H37N5O2. The summed E-state index contributed by atoms with van der Waals surface area (Å²) in [6.07, 6.45) is 6.54. The van der Waals surface area contributed by atoms with E-state index in [9.17, 15) is 4.79 Å². The summed E-state index contributed by atoms with van der Waals surface area (Å²) in [6, 6.07) is 18.2. The van der Waals surface area contributed by atoms with Crippen LogP contribution in [0.4, 0.5) is 0 Å². The van der Waals surface area contributed by atoms with Crippen LogP contribution in [0.25, 0.3) is 0 Å². The molecule has 0 aromatic heterocycles. The fourth-order valence-corrected chi connectivity index (χ4v) is 4.53. The molecule has 2 aromatic carbocycles. The molecule has 0 radical (unpaired) electrons. The van der Waals surface area contributed by atoms with E-state index in [-0.39, 0.29) is 11.3 Å². The fraction of sp³-hybridized carbons (Fsp3) is 0.444. The van der Waals surface area contributed by atoms with Gasteiger partial charge >= 0.3 is 0 Å². The third-order valence-corrected chi connectivity index (χ3v) is 6.43. The van der Waals surface area contributed by atoms with E-state index >= 15 is 0 Å². The average molecular weight is 464 g/mol. The van der Waals surface area contributed by atoms with Crippen molar-refractivity contribution in [2.75, 3.05) is 27.2 Å². The SMILES string of the molecule is CCCN=C(NC=NC)NC1CCC(CNC(=O)c2ccccc2OC)(c2ccccc2)CC1. The van der Waals surface area contributed by atoms with Crippen molar-refractivity contribution in [2.24, 2.45) is 9.98 Å². The third kappa shape index (κ3) is 6.59. The van der Waals surface area contributed by atoms with Gasteiger partial charge in [0.05, 0.1) is 19.0 Å². The summed E-state index contributed by atoms with van der Waals surface area (Å²) in [5.74, 6) is 1.25. The van der Waals surface area contributed by atoms with Gasteiger partial charge in [-0.15, -0.1) is 0 Å². The second-order valence-corrected chi connectivity index (χ2v) is 8.71. The molecule has 1 aliphatic carbocycles. The van der Waals surface area contributed by atoms with E-state index in [2.05, 4.69) is 57.1 Å². The van der Waals surface area contributed by atoms with Gasteiger partial charge in [0.2, 0.25) is 0 Å². The summed E-state index contributed by atoms with van der Waals surface area (Å²) in [5, 5.41) is 9.92. The number of methoxy groups -OCH3 is 1. The normalized spacial score (nSPS) is 20.7. The molecule has 1 amide bonds. The zero-order valence-corrected chi connectivity index (χ0v) is 20.5. The Balaban J connectivity index is 1.71. The van der Waals surface area contributed by atoms with E-state index in [1.165, 1.54) is 5.56 Å². The molecule has 7 heteroatoms. The maximum absolute atomic E-state index is 13.0. The molecule has 0 aliphatic heterocycles. The van der Waals surface area contributed by atoms with Crippen LogP contribution in [0.2, 0.25) is 0 Å². The number of benzene rings is 2. The van der Waals surface area contributed by atoms with Crippen molar-refractivity contribution < 1.29 is 9.53 Å². The van der Waals surface area contributed by atoms with Crippen molar-refractivity contribution >= 4 is 18.2 Å². The Morgan fingerprint density at radius 3 is 2.50 bits per heavy atom. The number of aliphatic imine (C=N–C) groups is 2. The molecule has 1 aliphatic rings. The smallest absolute Gasteiger partial charge is 0.255 e. The lowest BCUT2D eigenvalue weighted by atomic mass is 9.68. The Morgan fingerprint density at radius 1 is 1.12 bits per heavy atom. The van der Waals surface area contributed by atoms with Gasteiger partial charge in [0.1, 0.15) is 5.75 Å². The van der Waals surface area contributed by atoms with Crippen LogP contribution >= 0.6 is 0 Å². The number of nitrogens with one attached hydrogen (secondary N) is 3. The molecule has 3 rings (SSSR count). The number of ether oxygens (including phenoxy) is 1. The van der Waals surface area contributed by atoms with Gasteiger partial charge in [-0.05, 0) is 49.8 Å². The summed E-state index contributed by atoms with van der Waals surface area (Å²) >= 11 is 0. The number of para-hydroxylation sites is 1. The Hall–Kier alpha value is -3.35. The first-order valence-electron chi connectivity index (χ1n) is 12.1. The van der Waals surface area contributed by atoms with Crippen LogP contribution in [0.15, 0.2) is 64.6 Å². The average Bonchev–Trinajstić information content (AvgIpc) is 2.90. The monoisotopic (exact) mass is 463 g/mol. The Bertz CT molecular complexity index is 966. The fourth-order valence-electron chi connectivity index (χ4n) is 4.53. The van der Waals surface area contributed by atoms with Crippen molar-refractivity contribution in [3.63, 3.8) is 0 Å². The van der Waals surface area contributed by atoms with Gasteiger partial charge in [0.25, 0.3) is 5.91 Å². The van der Waals surface area contributed by atoms with Gasteiger partial charge in [0, 0.05) is 31.6 Å². The van der Waals surface area contributed by atoms with E-state index in [1.807, 2.05) is 24.3 Å². The largest absolute Gasteiger partial charge is 0.496 e. The molecule has 0 heterocycles. The van der Waals surface area contributed by atoms with Crippen LogP contribution in [0.5, 0.6) is 5.75 Å². The van der Waals surface area contributed by atoms with E-state index in [4.69, 9.17) is 4.74 Å². The van der Waals surface area contributed by atoms with Crippen molar-refractivity contribution in [1.82, 2.24) is 16.0 Å². The lowest BCUT2D eigenvalue weighted by molar-refractivity contribution is 0.0932. The van der Waals surface area contributed by atoms with Crippen molar-refractivity contribution in [2.45, 2.75) is 50.5 Å². The van der Waals surface area contributed by atoms with Gasteiger partial charge < -0.3 is 20.7 Å². The lowest BCUT2D eigenvalue weighted by Gasteiger charge is -2.41. The van der Waals surface area contributed by atoms with Crippen LogP contribution in [-0.2, 0) is 5.41 Å². The summed E-state index contributed by atoms with van der Waals surface area (Å²) in [4.78, 5) is 21.6. The molecule has 7 nitrogen and oxygen atoms in total. The molecule has 2 aromatic rings. The van der Waals surface area contributed by atoms with E-state index in [1.54, 1.807) is 26.6 Å². The summed E-state index contributed by atoms with van der Waals surface area (Å²) in [7, 11) is 3.32. The number of guanidine groups is 1. The van der Waals surface area contributed by atoms with Gasteiger partial charge in [-0.1, -0.05) is 49.4 Å². The molecule has 0 bridgehead atoms. The zero-order chi connectivity index (χ0) is 24.2. The minimum atomic E-state index is -0.115. The molecule has 0 atom stereocenters. The number of hydrogen-bond acceptors (Lipinski definition) is 4. The second-order valence-electron chi connectivity index (χ2n) is 8.71. The molecule has 34 heavy (non-hydrogen) atoms. The highest BCUT2D eigenvalue weighted by Gasteiger charge is 2.37. The van der Waals surface area contributed by atoms with Crippen molar-refractivity contribution in [3.8, 4) is 5.75 Å². The molecule has 1 saturated carbocycles. The minimum absolute atomic E-state index is 0.106. The summed E-state index contributed by atoms with van der Waals surface area (Å²) < 4.78 is 5.38. The Labute approximate surface area is 203 Å². The number of amides is 1. The van der Waals surface area contributed by atoms with Gasteiger partial charge in [-0.25, -0.2) is 0 Å². The summed E-state index contributed by atoms with van der Waals surface area (Å²) in [6.45, 7) is 3.46. The lowest BCUT2D eigenvalue weighted by Crippen LogP contribution is -2.49. The first-order valence-corrected chi connectivity index (χ1v) is 12.1. The van der Waals surface area contributed by atoms with Crippen molar-refractivity contribution in [1.29, 1.82) is 0 Å². The standard InChI is InChI=1S/C27H37N5O2/c1-4-18-29-26(31-20-28-2)32-22-14-16-27(17-15-22,21-10-6-5-7-11-21)19-30-25(33)23-12-8-9-13-24(23)34-3/h5-13,20,22H,4,14-19H2,1-3H3,(H,30,33)(H2,28,29,31,32). The highest BCUT2D eigenvalue weighted by molar-refractivity contribution is 5.97. The van der Waals surface area contributed by atoms with Crippen LogP contribution in [0, 0.1) is 0 Å². The van der Waals surface area contributed by atoms with Gasteiger partial charge in [-0.2, -0.15) is 0 Å². The summed E-state index contributed by atoms with van der Waals surface area (Å²) in [5.41, 5.74) is 1.71. The Morgan fingerprint density at radius 2 is 1.82 bits per heavy atom. The van der Waals surface area contributed by atoms with Gasteiger partial charge in [-0.3, -0.25) is 14.8 Å². The second kappa shape index (κ2) is 12.8. The highest BCUT2D eigenvalue weighted by atomic mass is 16.5. The van der Waals surface area contributed by atoms with Crippen LogP contribution in [0.1, 0.15) is 54.9 Å². The van der Waals surface area contributed by atoms with E-state index < -0.39 is 0 Å². The molecule has 0 unspecified atom stereocenters. The predicted octanol–water partition coefficient (Wildman–Crippen LogP) is 3.91. The van der Waals surface area contributed by atoms with Gasteiger partial charge in [0.15, 0.2) is 5.96 Å². The maximum Gasteiger partial charge on any atom is 0.255 e. The minimum Gasteiger partial charge on any atom is -0.496 e. The quantitative estimate of drug-likeness (QED) is 0.389. The number of hydrogen-bond donors (Lipinski definition) is 3. The predicted molar refractivity (Wildman–Crippen MR) is 139 cm³/mol. The number of nitrogens with zero attached hydrogens (tertiary/aromatic N) is 2.